The summed E-state index contributed by atoms with van der Waals surface area (Å²) in [4.78, 5) is 9.07. The van der Waals surface area contributed by atoms with Crippen LogP contribution in [0.4, 0.5) is 18.9 Å². The van der Waals surface area contributed by atoms with E-state index in [9.17, 15) is 13.2 Å². The van der Waals surface area contributed by atoms with Crippen LogP contribution in [0.3, 0.4) is 0 Å². The van der Waals surface area contributed by atoms with Gasteiger partial charge in [-0.1, -0.05) is 17.7 Å². The molecule has 0 radical (unpaired) electrons. The van der Waals surface area contributed by atoms with Crippen LogP contribution in [0.5, 0.6) is 5.75 Å². The van der Waals surface area contributed by atoms with E-state index in [-0.39, 0.29) is 10.7 Å². The van der Waals surface area contributed by atoms with Crippen molar-refractivity contribution < 1.29 is 17.9 Å². The number of halogens is 4. The maximum absolute atomic E-state index is 13.2. The van der Waals surface area contributed by atoms with Crippen LogP contribution >= 0.6 is 11.6 Å². The van der Waals surface area contributed by atoms with Crippen molar-refractivity contribution >= 4 is 23.2 Å². The summed E-state index contributed by atoms with van der Waals surface area (Å²) < 4.78 is 47.1. The lowest BCUT2D eigenvalue weighted by Gasteiger charge is -2.34. The average Bonchev–Trinajstić information content (AvgIpc) is 3.31. The zero-order chi connectivity index (χ0) is 24.8. The number of nitrogens with one attached hydrogen (secondary N) is 1. The Labute approximate surface area is 200 Å². The number of aryl methyl sites for hydroxylation is 1. The van der Waals surface area contributed by atoms with Gasteiger partial charge in [0.05, 0.1) is 41.1 Å². The fourth-order valence-corrected chi connectivity index (χ4v) is 3.97. The predicted octanol–water partition coefficient (Wildman–Crippen LogP) is 5.29. The zero-order valence-corrected chi connectivity index (χ0v) is 20.0. The number of aliphatic imine (C=N–C) groups is 1. The molecule has 1 aliphatic heterocycles. The lowest BCUT2D eigenvalue weighted by Crippen LogP contribution is -2.45. The summed E-state index contributed by atoms with van der Waals surface area (Å²) in [7, 11) is 5.19. The highest BCUT2D eigenvalue weighted by molar-refractivity contribution is 6.33. The first-order valence-electron chi connectivity index (χ1n) is 10.3. The van der Waals surface area contributed by atoms with Crippen molar-refractivity contribution in [3.63, 3.8) is 0 Å². The fourth-order valence-electron chi connectivity index (χ4n) is 3.80. The number of hydrogen-bond donors (Lipinski definition) is 1. The summed E-state index contributed by atoms with van der Waals surface area (Å²) in [6, 6.07) is 8.87. The van der Waals surface area contributed by atoms with Gasteiger partial charge in [0.1, 0.15) is 5.75 Å². The molecule has 0 saturated carbocycles. The van der Waals surface area contributed by atoms with Crippen LogP contribution in [0.1, 0.15) is 23.7 Å². The van der Waals surface area contributed by atoms with Gasteiger partial charge in [-0.25, -0.2) is 9.98 Å². The Morgan fingerprint density at radius 3 is 2.47 bits per heavy atom. The van der Waals surface area contributed by atoms with E-state index >= 15 is 0 Å². The van der Waals surface area contributed by atoms with E-state index in [1.807, 2.05) is 54.9 Å². The normalized spacial score (nSPS) is 18.9. The average molecular weight is 493 g/mol. The van der Waals surface area contributed by atoms with E-state index in [4.69, 9.17) is 21.3 Å². The molecule has 1 N–H and O–H groups in total. The minimum Gasteiger partial charge on any atom is -0.495 e. The Morgan fingerprint density at radius 1 is 1.12 bits per heavy atom. The van der Waals surface area contributed by atoms with Crippen LogP contribution < -0.4 is 10.1 Å². The second-order valence-corrected chi connectivity index (χ2v) is 8.54. The Hall–Kier alpha value is -3.24. The number of alkyl halides is 3. The van der Waals surface area contributed by atoms with Gasteiger partial charge >= 0.3 is 6.18 Å². The van der Waals surface area contributed by atoms with Gasteiger partial charge in [-0.2, -0.15) is 18.2 Å². The van der Waals surface area contributed by atoms with E-state index in [0.29, 0.717) is 11.7 Å². The van der Waals surface area contributed by atoms with Crippen LogP contribution in [0.2, 0.25) is 5.02 Å². The minimum atomic E-state index is -4.48. The molecule has 0 spiro atoms. The molecule has 2 heterocycles. The number of anilines is 1. The molecule has 0 amide bonds. The highest BCUT2D eigenvalue weighted by atomic mass is 35.5. The Bertz CT molecular complexity index is 1260. The van der Waals surface area contributed by atoms with Crippen molar-refractivity contribution in [2.24, 2.45) is 4.99 Å². The lowest BCUT2D eigenvalue weighted by atomic mass is 10.0. The molecule has 1 atom stereocenters. The number of hydrazine groups is 1. The molecule has 11 heteroatoms. The third-order valence-electron chi connectivity index (χ3n) is 5.97. The summed E-state index contributed by atoms with van der Waals surface area (Å²) in [6.07, 6.45) is -0.876. The van der Waals surface area contributed by atoms with Crippen molar-refractivity contribution in [2.75, 3.05) is 26.5 Å². The first kappa shape index (κ1) is 23.9. The molecule has 34 heavy (non-hydrogen) atoms. The van der Waals surface area contributed by atoms with Gasteiger partial charge in [-0.05, 0) is 49.7 Å². The van der Waals surface area contributed by atoms with Crippen LogP contribution in [-0.4, -0.2) is 46.7 Å². The van der Waals surface area contributed by atoms with Crippen molar-refractivity contribution in [1.29, 1.82) is 0 Å². The standard InChI is InChI=1S/C23H24ClF3N6O/c1-14-12-33(13-28-14)19-9-7-15(11-20(19)34-5)22(2)30-21(31(3)32(22)4)29-18-10-16(23(25,26)27)6-8-17(18)24/h6-13H,1-5H3,(H,29,30). The molecular formula is C23H24ClF3N6O. The number of benzene rings is 2. The number of rotatable bonds is 4. The topological polar surface area (TPSA) is 57.9 Å². The largest absolute Gasteiger partial charge is 0.495 e. The second-order valence-electron chi connectivity index (χ2n) is 8.13. The van der Waals surface area contributed by atoms with E-state index < -0.39 is 17.4 Å². The van der Waals surface area contributed by atoms with Gasteiger partial charge in [0.2, 0.25) is 5.96 Å². The number of ether oxygens (including phenoxy) is 1. The van der Waals surface area contributed by atoms with Gasteiger partial charge < -0.3 is 14.6 Å². The number of imidazole rings is 1. The molecule has 1 unspecified atom stereocenters. The van der Waals surface area contributed by atoms with Crippen LogP contribution in [0.25, 0.3) is 5.69 Å². The first-order chi connectivity index (χ1) is 15.9. The van der Waals surface area contributed by atoms with E-state index in [2.05, 4.69) is 10.3 Å². The Kier molecular flexibility index (Phi) is 5.99. The molecule has 180 valence electrons. The molecule has 0 saturated heterocycles. The van der Waals surface area contributed by atoms with Gasteiger partial charge in [0, 0.05) is 20.3 Å². The van der Waals surface area contributed by atoms with Gasteiger partial charge in [0.25, 0.3) is 0 Å². The number of aromatic nitrogens is 2. The van der Waals surface area contributed by atoms with E-state index in [1.54, 1.807) is 25.5 Å². The van der Waals surface area contributed by atoms with Crippen LogP contribution in [-0.2, 0) is 11.8 Å². The van der Waals surface area contributed by atoms with Gasteiger partial charge in [0.15, 0.2) is 5.66 Å². The fraction of sp³-hybridized carbons (Fsp3) is 0.304. The Balaban J connectivity index is 1.70. The number of methoxy groups -OCH3 is 1. The molecule has 1 aromatic heterocycles. The summed E-state index contributed by atoms with van der Waals surface area (Å²) in [5.41, 5.74) is 0.981. The number of nitrogens with zero attached hydrogens (tertiary/aromatic N) is 5. The summed E-state index contributed by atoms with van der Waals surface area (Å²) in [5.74, 6) is 0.976. The molecule has 3 aromatic rings. The monoisotopic (exact) mass is 492 g/mol. The predicted molar refractivity (Wildman–Crippen MR) is 125 cm³/mol. The number of hydrogen-bond acceptors (Lipinski definition) is 6. The molecule has 7 nitrogen and oxygen atoms in total. The molecule has 0 aliphatic carbocycles. The third-order valence-corrected chi connectivity index (χ3v) is 6.30. The van der Waals surface area contributed by atoms with Crippen molar-refractivity contribution in [2.45, 2.75) is 25.7 Å². The maximum Gasteiger partial charge on any atom is 0.416 e. The van der Waals surface area contributed by atoms with Crippen LogP contribution in [0.15, 0.2) is 53.9 Å². The van der Waals surface area contributed by atoms with Crippen molar-refractivity contribution in [3.8, 4) is 11.4 Å². The number of guanidine groups is 1. The first-order valence-corrected chi connectivity index (χ1v) is 10.7. The van der Waals surface area contributed by atoms with Crippen molar-refractivity contribution in [3.05, 3.63) is 70.8 Å². The minimum absolute atomic E-state index is 0.114. The highest BCUT2D eigenvalue weighted by Gasteiger charge is 2.41. The van der Waals surface area contributed by atoms with E-state index in [1.165, 1.54) is 6.07 Å². The van der Waals surface area contributed by atoms with Crippen molar-refractivity contribution in [1.82, 2.24) is 19.6 Å². The highest BCUT2D eigenvalue weighted by Crippen LogP contribution is 2.39. The third kappa shape index (κ3) is 4.19. The molecule has 0 bridgehead atoms. The summed E-state index contributed by atoms with van der Waals surface area (Å²) in [5, 5.41) is 6.69. The lowest BCUT2D eigenvalue weighted by molar-refractivity contribution is -0.137. The van der Waals surface area contributed by atoms with Gasteiger partial charge in [-0.3, -0.25) is 5.01 Å². The molecular weight excluding hydrogens is 469 g/mol. The SMILES string of the molecule is COc1cc(C2(C)N=C(Nc3cc(C(F)(F)F)ccc3Cl)N(C)N2C)ccc1-n1cnc(C)c1. The smallest absolute Gasteiger partial charge is 0.416 e. The second kappa shape index (κ2) is 8.52. The van der Waals surface area contributed by atoms with Crippen LogP contribution in [0, 0.1) is 6.92 Å². The summed E-state index contributed by atoms with van der Waals surface area (Å²) in [6.45, 7) is 3.81. The Morgan fingerprint density at radius 2 is 1.85 bits per heavy atom. The van der Waals surface area contributed by atoms with Gasteiger partial charge in [-0.15, -0.1) is 0 Å². The zero-order valence-electron chi connectivity index (χ0n) is 19.3. The van der Waals surface area contributed by atoms with E-state index in [0.717, 1.165) is 29.1 Å². The molecule has 0 fully saturated rings. The maximum atomic E-state index is 13.2. The molecule has 1 aliphatic rings. The quantitative estimate of drug-likeness (QED) is 0.536. The summed E-state index contributed by atoms with van der Waals surface area (Å²) >= 11 is 6.17. The molecule has 4 rings (SSSR count). The molecule has 2 aromatic carbocycles.